The second-order valence-corrected chi connectivity index (χ2v) is 5.98. The quantitative estimate of drug-likeness (QED) is 0.439. The lowest BCUT2D eigenvalue weighted by molar-refractivity contribution is 0.0277. The topological polar surface area (TPSA) is 58.5 Å². The maximum atomic E-state index is 5.93. The second-order valence-electron chi connectivity index (χ2n) is 5.98. The van der Waals surface area contributed by atoms with Crippen molar-refractivity contribution in [3.05, 3.63) is 30.1 Å². The van der Waals surface area contributed by atoms with Crippen molar-refractivity contribution >= 4 is 5.96 Å². The van der Waals surface area contributed by atoms with Crippen LogP contribution in [0.2, 0.25) is 0 Å². The summed E-state index contributed by atoms with van der Waals surface area (Å²) < 4.78 is 5.93. The number of aliphatic imine (C=N–C) groups is 1. The molecule has 2 N–H and O–H groups in total. The fourth-order valence-electron chi connectivity index (χ4n) is 2.84. The molecule has 128 valence electrons. The van der Waals surface area contributed by atoms with Gasteiger partial charge in [-0.1, -0.05) is 25.3 Å². The fraction of sp³-hybridized carbons (Fsp3) is 0.667. The Morgan fingerprint density at radius 2 is 2.04 bits per heavy atom. The van der Waals surface area contributed by atoms with Crippen LogP contribution in [0.5, 0.6) is 0 Å². The first-order valence-electron chi connectivity index (χ1n) is 8.84. The van der Waals surface area contributed by atoms with Gasteiger partial charge in [0.2, 0.25) is 0 Å². The molecule has 1 aliphatic rings. The molecule has 1 saturated carbocycles. The third-order valence-electron chi connectivity index (χ3n) is 4.14. The monoisotopic (exact) mass is 318 g/mol. The SMILES string of the molecule is CN=C(NCCCOC1CCCCC1)NCCc1ccccn1. The van der Waals surface area contributed by atoms with Gasteiger partial charge in [-0.2, -0.15) is 0 Å². The van der Waals surface area contributed by atoms with E-state index in [4.69, 9.17) is 4.74 Å². The highest BCUT2D eigenvalue weighted by molar-refractivity contribution is 5.79. The van der Waals surface area contributed by atoms with Crippen LogP contribution in [0.15, 0.2) is 29.4 Å². The van der Waals surface area contributed by atoms with Crippen LogP contribution in [0.3, 0.4) is 0 Å². The minimum absolute atomic E-state index is 0.500. The van der Waals surface area contributed by atoms with Gasteiger partial charge in [-0.25, -0.2) is 0 Å². The highest BCUT2D eigenvalue weighted by Crippen LogP contribution is 2.20. The fourth-order valence-corrected chi connectivity index (χ4v) is 2.84. The lowest BCUT2D eigenvalue weighted by Crippen LogP contribution is -2.39. The van der Waals surface area contributed by atoms with Gasteiger partial charge in [-0.3, -0.25) is 9.98 Å². The number of nitrogens with one attached hydrogen (secondary N) is 2. The molecular weight excluding hydrogens is 288 g/mol. The summed E-state index contributed by atoms with van der Waals surface area (Å²) in [7, 11) is 1.80. The van der Waals surface area contributed by atoms with E-state index in [-0.39, 0.29) is 0 Å². The van der Waals surface area contributed by atoms with Crippen molar-refractivity contribution in [1.29, 1.82) is 0 Å². The van der Waals surface area contributed by atoms with Gasteiger partial charge in [0.15, 0.2) is 5.96 Å². The first kappa shape index (κ1) is 17.7. The molecule has 5 heteroatoms. The van der Waals surface area contributed by atoms with Gasteiger partial charge in [0.05, 0.1) is 6.10 Å². The van der Waals surface area contributed by atoms with Crippen LogP contribution in [0.1, 0.15) is 44.2 Å². The lowest BCUT2D eigenvalue weighted by Gasteiger charge is -2.22. The summed E-state index contributed by atoms with van der Waals surface area (Å²) in [6.45, 7) is 2.55. The summed E-state index contributed by atoms with van der Waals surface area (Å²) in [5, 5.41) is 6.65. The van der Waals surface area contributed by atoms with Gasteiger partial charge in [-0.05, 0) is 31.4 Å². The zero-order valence-corrected chi connectivity index (χ0v) is 14.3. The third-order valence-corrected chi connectivity index (χ3v) is 4.14. The van der Waals surface area contributed by atoms with Gasteiger partial charge in [0.25, 0.3) is 0 Å². The first-order chi connectivity index (χ1) is 11.4. The molecule has 0 aromatic carbocycles. The van der Waals surface area contributed by atoms with E-state index in [0.29, 0.717) is 6.10 Å². The molecule has 0 spiro atoms. The Morgan fingerprint density at radius 3 is 2.78 bits per heavy atom. The standard InChI is InChI=1S/C18H30N4O/c1-19-18(22-14-11-16-8-5-6-12-20-16)21-13-7-15-23-17-9-3-2-4-10-17/h5-6,8,12,17H,2-4,7,9-11,13-15H2,1H3,(H2,19,21,22). The van der Waals surface area contributed by atoms with Crippen LogP contribution in [0.4, 0.5) is 0 Å². The molecule has 0 radical (unpaired) electrons. The van der Waals surface area contributed by atoms with E-state index >= 15 is 0 Å². The van der Waals surface area contributed by atoms with E-state index < -0.39 is 0 Å². The van der Waals surface area contributed by atoms with Crippen LogP contribution in [0.25, 0.3) is 0 Å². The highest BCUT2D eigenvalue weighted by Gasteiger charge is 2.12. The first-order valence-corrected chi connectivity index (χ1v) is 8.84. The number of guanidine groups is 1. The molecule has 0 aliphatic heterocycles. The smallest absolute Gasteiger partial charge is 0.190 e. The predicted octanol–water partition coefficient (Wildman–Crippen LogP) is 2.53. The van der Waals surface area contributed by atoms with Crippen molar-refractivity contribution in [3.63, 3.8) is 0 Å². The molecule has 0 unspecified atom stereocenters. The Labute approximate surface area is 139 Å². The van der Waals surface area contributed by atoms with Gasteiger partial charge in [-0.15, -0.1) is 0 Å². The summed E-state index contributed by atoms with van der Waals surface area (Å²) in [6.07, 6.45) is 10.7. The lowest BCUT2D eigenvalue weighted by atomic mass is 9.98. The van der Waals surface area contributed by atoms with Crippen molar-refractivity contribution < 1.29 is 4.74 Å². The van der Waals surface area contributed by atoms with Crippen molar-refractivity contribution in [2.45, 2.75) is 51.0 Å². The maximum Gasteiger partial charge on any atom is 0.190 e. The molecule has 23 heavy (non-hydrogen) atoms. The number of hydrogen-bond acceptors (Lipinski definition) is 3. The predicted molar refractivity (Wildman–Crippen MR) is 94.7 cm³/mol. The number of nitrogens with zero attached hydrogens (tertiary/aromatic N) is 2. The zero-order chi connectivity index (χ0) is 16.2. The van der Waals surface area contributed by atoms with Crippen molar-refractivity contribution in [2.24, 2.45) is 4.99 Å². The number of hydrogen-bond donors (Lipinski definition) is 2. The largest absolute Gasteiger partial charge is 0.378 e. The van der Waals surface area contributed by atoms with Crippen LogP contribution in [0, 0.1) is 0 Å². The third kappa shape index (κ3) is 7.46. The molecule has 0 amide bonds. The van der Waals surface area contributed by atoms with Crippen molar-refractivity contribution in [1.82, 2.24) is 15.6 Å². The summed E-state index contributed by atoms with van der Waals surface area (Å²) >= 11 is 0. The number of pyridine rings is 1. The minimum Gasteiger partial charge on any atom is -0.378 e. The molecule has 1 heterocycles. The molecule has 2 rings (SSSR count). The molecular formula is C18H30N4O. The Morgan fingerprint density at radius 1 is 1.22 bits per heavy atom. The van der Waals surface area contributed by atoms with Crippen LogP contribution >= 0.6 is 0 Å². The molecule has 0 saturated heterocycles. The van der Waals surface area contributed by atoms with Gasteiger partial charge in [0.1, 0.15) is 0 Å². The Kier molecular flexibility index (Phi) is 8.48. The molecule has 0 bridgehead atoms. The van der Waals surface area contributed by atoms with Crippen LogP contribution in [-0.2, 0) is 11.2 Å². The normalized spacial score (nSPS) is 16.3. The summed E-state index contributed by atoms with van der Waals surface area (Å²) in [6, 6.07) is 6.00. The molecule has 1 fully saturated rings. The zero-order valence-electron chi connectivity index (χ0n) is 14.3. The summed E-state index contributed by atoms with van der Waals surface area (Å²) in [5.41, 5.74) is 1.09. The summed E-state index contributed by atoms with van der Waals surface area (Å²) in [4.78, 5) is 8.56. The molecule has 1 aromatic heterocycles. The van der Waals surface area contributed by atoms with Crippen molar-refractivity contribution in [3.8, 4) is 0 Å². The average molecular weight is 318 g/mol. The molecule has 1 aliphatic carbocycles. The Bertz CT molecular complexity index is 444. The van der Waals surface area contributed by atoms with E-state index in [2.05, 4.69) is 20.6 Å². The number of rotatable bonds is 8. The molecule has 0 atom stereocenters. The van der Waals surface area contributed by atoms with Gasteiger partial charge in [0, 0.05) is 45.1 Å². The summed E-state index contributed by atoms with van der Waals surface area (Å²) in [5.74, 6) is 0.846. The second kappa shape index (κ2) is 11.0. The van der Waals surface area contributed by atoms with E-state index in [9.17, 15) is 0 Å². The van der Waals surface area contributed by atoms with Gasteiger partial charge >= 0.3 is 0 Å². The Hall–Kier alpha value is -1.62. The molecule has 5 nitrogen and oxygen atoms in total. The van der Waals surface area contributed by atoms with E-state index in [1.54, 1.807) is 7.05 Å². The number of aromatic nitrogens is 1. The minimum atomic E-state index is 0.500. The van der Waals surface area contributed by atoms with Gasteiger partial charge < -0.3 is 15.4 Å². The Balaban J connectivity index is 1.51. The maximum absolute atomic E-state index is 5.93. The van der Waals surface area contributed by atoms with E-state index in [1.165, 1.54) is 32.1 Å². The average Bonchev–Trinajstić information content (AvgIpc) is 2.61. The van der Waals surface area contributed by atoms with E-state index in [1.807, 2.05) is 24.4 Å². The van der Waals surface area contributed by atoms with Crippen molar-refractivity contribution in [2.75, 3.05) is 26.7 Å². The van der Waals surface area contributed by atoms with E-state index in [0.717, 1.165) is 44.2 Å². The highest BCUT2D eigenvalue weighted by atomic mass is 16.5. The number of ether oxygens (including phenoxy) is 1. The van der Waals surface area contributed by atoms with Crippen LogP contribution < -0.4 is 10.6 Å². The van der Waals surface area contributed by atoms with Crippen LogP contribution in [-0.4, -0.2) is 43.8 Å². The molecule has 1 aromatic rings.